The Kier molecular flexibility index (Phi) is 2.83. The normalized spacial score (nSPS) is 11.1. The van der Waals surface area contributed by atoms with Crippen LogP contribution in [0.15, 0.2) is 42.7 Å². The van der Waals surface area contributed by atoms with Gasteiger partial charge in [-0.25, -0.2) is 9.97 Å². The highest BCUT2D eigenvalue weighted by atomic mass is 19.3. The summed E-state index contributed by atoms with van der Waals surface area (Å²) < 4.78 is 29.2. The molecule has 1 aromatic carbocycles. The molecule has 4 nitrogen and oxygen atoms in total. The van der Waals surface area contributed by atoms with Crippen LogP contribution >= 0.6 is 0 Å². The minimum atomic E-state index is -2.88. The number of H-pyrrole nitrogens is 1. The van der Waals surface area contributed by atoms with E-state index in [9.17, 15) is 8.78 Å². The molecule has 0 fully saturated rings. The summed E-state index contributed by atoms with van der Waals surface area (Å²) in [5.74, 6) is 0.413. The fourth-order valence-electron chi connectivity index (χ4n) is 1.82. The molecule has 3 aromatic rings. The second kappa shape index (κ2) is 4.64. The maximum absolute atomic E-state index is 12.4. The second-order valence-corrected chi connectivity index (χ2v) is 3.84. The van der Waals surface area contributed by atoms with Gasteiger partial charge in [-0.15, -0.1) is 0 Å². The summed E-state index contributed by atoms with van der Waals surface area (Å²) in [7, 11) is 0. The molecule has 3 rings (SSSR count). The molecule has 2 heterocycles. The van der Waals surface area contributed by atoms with Crippen LogP contribution in [0.3, 0.4) is 0 Å². The van der Waals surface area contributed by atoms with Gasteiger partial charge in [0.05, 0.1) is 22.8 Å². The van der Waals surface area contributed by atoms with E-state index >= 15 is 0 Å². The molecular weight excluding hydrogens is 252 g/mol. The molecule has 1 N–H and O–H groups in total. The molecule has 0 aliphatic heterocycles. The number of nitrogens with zero attached hydrogens (tertiary/aromatic N) is 2. The molecule has 0 amide bonds. The van der Waals surface area contributed by atoms with Crippen LogP contribution in [0.1, 0.15) is 0 Å². The molecular formula is C13H9F2N3O. The lowest BCUT2D eigenvalue weighted by molar-refractivity contribution is -0.0494. The molecule has 96 valence electrons. The monoisotopic (exact) mass is 261 g/mol. The highest BCUT2D eigenvalue weighted by molar-refractivity contribution is 5.77. The maximum Gasteiger partial charge on any atom is 0.387 e. The smallest absolute Gasteiger partial charge is 0.387 e. The lowest BCUT2D eigenvalue weighted by atomic mass is 10.2. The lowest BCUT2D eigenvalue weighted by Gasteiger charge is -2.09. The predicted octanol–water partition coefficient (Wildman–Crippen LogP) is 3.23. The highest BCUT2D eigenvalue weighted by Gasteiger charge is 2.13. The second-order valence-electron chi connectivity index (χ2n) is 3.84. The number of hydrogen-bond acceptors (Lipinski definition) is 3. The Morgan fingerprint density at radius 3 is 2.84 bits per heavy atom. The number of fused-ring (bicyclic) bond motifs is 1. The Morgan fingerprint density at radius 1 is 1.16 bits per heavy atom. The van der Waals surface area contributed by atoms with Gasteiger partial charge in [-0.2, -0.15) is 8.78 Å². The Bertz CT molecular complexity index is 712. The van der Waals surface area contributed by atoms with E-state index in [-0.39, 0.29) is 5.75 Å². The molecule has 0 unspecified atom stereocenters. The topological polar surface area (TPSA) is 50.8 Å². The number of para-hydroxylation sites is 1. The van der Waals surface area contributed by atoms with Gasteiger partial charge in [-0.3, -0.25) is 0 Å². The van der Waals surface area contributed by atoms with Crippen molar-refractivity contribution in [3.05, 3.63) is 42.7 Å². The number of aromatic amines is 1. The van der Waals surface area contributed by atoms with E-state index in [2.05, 4.69) is 19.7 Å². The van der Waals surface area contributed by atoms with E-state index < -0.39 is 6.61 Å². The fourth-order valence-corrected chi connectivity index (χ4v) is 1.82. The van der Waals surface area contributed by atoms with Gasteiger partial charge < -0.3 is 9.72 Å². The van der Waals surface area contributed by atoms with Crippen molar-refractivity contribution in [3.8, 4) is 17.1 Å². The Morgan fingerprint density at radius 2 is 2.00 bits per heavy atom. The van der Waals surface area contributed by atoms with E-state index in [4.69, 9.17) is 0 Å². The van der Waals surface area contributed by atoms with Crippen LogP contribution in [0, 0.1) is 0 Å². The van der Waals surface area contributed by atoms with E-state index in [0.717, 1.165) is 11.0 Å². The summed E-state index contributed by atoms with van der Waals surface area (Å²) in [5, 5.41) is 0. The molecule has 19 heavy (non-hydrogen) atoms. The molecule has 6 heteroatoms. The van der Waals surface area contributed by atoms with Crippen molar-refractivity contribution in [2.24, 2.45) is 0 Å². The van der Waals surface area contributed by atoms with Crippen LogP contribution in [0.4, 0.5) is 8.78 Å². The van der Waals surface area contributed by atoms with E-state index in [1.54, 1.807) is 36.7 Å². The zero-order valence-corrected chi connectivity index (χ0v) is 9.68. The zero-order valence-electron chi connectivity index (χ0n) is 9.68. The van der Waals surface area contributed by atoms with Crippen molar-refractivity contribution in [2.75, 3.05) is 0 Å². The number of nitrogens with one attached hydrogen (secondary N) is 1. The first-order chi connectivity index (χ1) is 9.24. The van der Waals surface area contributed by atoms with E-state index in [1.165, 1.54) is 6.07 Å². The molecule has 0 saturated heterocycles. The maximum atomic E-state index is 12.4. The predicted molar refractivity (Wildman–Crippen MR) is 66.0 cm³/mol. The molecule has 0 aliphatic carbocycles. The van der Waals surface area contributed by atoms with Crippen molar-refractivity contribution < 1.29 is 13.5 Å². The van der Waals surface area contributed by atoms with Gasteiger partial charge in [0.15, 0.2) is 5.82 Å². The first-order valence-corrected chi connectivity index (χ1v) is 5.58. The molecule has 0 spiro atoms. The number of halogens is 2. The summed E-state index contributed by atoms with van der Waals surface area (Å²) in [4.78, 5) is 11.4. The van der Waals surface area contributed by atoms with Crippen molar-refractivity contribution in [3.63, 3.8) is 0 Å². The van der Waals surface area contributed by atoms with Gasteiger partial charge in [-0.05, 0) is 18.2 Å². The van der Waals surface area contributed by atoms with Gasteiger partial charge in [0.1, 0.15) is 5.75 Å². The van der Waals surface area contributed by atoms with Crippen LogP contribution < -0.4 is 4.74 Å². The zero-order chi connectivity index (χ0) is 13.2. The van der Waals surface area contributed by atoms with E-state index in [1.807, 2.05) is 0 Å². The quantitative estimate of drug-likeness (QED) is 0.787. The molecule has 0 bridgehead atoms. The van der Waals surface area contributed by atoms with Crippen LogP contribution in [-0.4, -0.2) is 21.6 Å². The summed E-state index contributed by atoms with van der Waals surface area (Å²) in [6.07, 6.45) is 3.35. The Labute approximate surface area is 107 Å². The molecule has 0 radical (unpaired) electrons. The molecule has 0 aliphatic rings. The standard InChI is InChI=1S/C13H9F2N3O/c14-13(15)19-11-4-2-1-3-8(11)12-17-7-10-9(18-12)5-6-16-10/h1-7,13,16H. The average Bonchev–Trinajstić information content (AvgIpc) is 2.86. The minimum absolute atomic E-state index is 0.0624. The minimum Gasteiger partial charge on any atom is -0.434 e. The summed E-state index contributed by atoms with van der Waals surface area (Å²) in [6, 6.07) is 8.24. The van der Waals surface area contributed by atoms with Crippen molar-refractivity contribution in [2.45, 2.75) is 6.61 Å². The van der Waals surface area contributed by atoms with E-state index in [0.29, 0.717) is 11.4 Å². The number of ether oxygens (including phenoxy) is 1. The third kappa shape index (κ3) is 2.24. The van der Waals surface area contributed by atoms with Crippen LogP contribution in [0.5, 0.6) is 5.75 Å². The van der Waals surface area contributed by atoms with Crippen molar-refractivity contribution in [1.82, 2.24) is 15.0 Å². The number of alkyl halides is 2. The number of aromatic nitrogens is 3. The van der Waals surface area contributed by atoms with Crippen LogP contribution in [-0.2, 0) is 0 Å². The fraction of sp³-hybridized carbons (Fsp3) is 0.0769. The largest absolute Gasteiger partial charge is 0.434 e. The summed E-state index contributed by atoms with van der Waals surface area (Å²) in [6.45, 7) is -2.88. The molecule has 0 saturated carbocycles. The SMILES string of the molecule is FC(F)Oc1ccccc1-c1ncc2[nH]ccc2n1. The molecule has 2 aromatic heterocycles. The van der Waals surface area contributed by atoms with Crippen molar-refractivity contribution in [1.29, 1.82) is 0 Å². The third-order valence-electron chi connectivity index (χ3n) is 2.64. The highest BCUT2D eigenvalue weighted by Crippen LogP contribution is 2.29. The number of hydrogen-bond donors (Lipinski definition) is 1. The Balaban J connectivity index is 2.09. The number of rotatable bonds is 3. The Hall–Kier alpha value is -2.50. The van der Waals surface area contributed by atoms with Gasteiger partial charge in [-0.1, -0.05) is 12.1 Å². The van der Waals surface area contributed by atoms with Gasteiger partial charge in [0.2, 0.25) is 0 Å². The first-order valence-electron chi connectivity index (χ1n) is 5.58. The van der Waals surface area contributed by atoms with Gasteiger partial charge >= 0.3 is 6.61 Å². The number of benzene rings is 1. The summed E-state index contributed by atoms with van der Waals surface area (Å²) in [5.41, 5.74) is 1.94. The lowest BCUT2D eigenvalue weighted by Crippen LogP contribution is -2.03. The van der Waals surface area contributed by atoms with Gasteiger partial charge in [0, 0.05) is 6.20 Å². The first kappa shape index (κ1) is 11.6. The molecule has 0 atom stereocenters. The summed E-state index contributed by atoms with van der Waals surface area (Å²) >= 11 is 0. The van der Waals surface area contributed by atoms with Crippen LogP contribution in [0.2, 0.25) is 0 Å². The van der Waals surface area contributed by atoms with Crippen LogP contribution in [0.25, 0.3) is 22.4 Å². The third-order valence-corrected chi connectivity index (χ3v) is 2.64. The van der Waals surface area contributed by atoms with Crippen molar-refractivity contribution >= 4 is 11.0 Å². The van der Waals surface area contributed by atoms with Gasteiger partial charge in [0.25, 0.3) is 0 Å². The average molecular weight is 261 g/mol.